The summed E-state index contributed by atoms with van der Waals surface area (Å²) in [6, 6.07) is 7.63. The van der Waals surface area contributed by atoms with Crippen molar-refractivity contribution in [3.8, 4) is 11.4 Å². The third-order valence-corrected chi connectivity index (χ3v) is 3.42. The molecular formula is C15H18N4O. The number of aromatic nitrogens is 2. The van der Waals surface area contributed by atoms with Crippen molar-refractivity contribution in [1.29, 1.82) is 0 Å². The van der Waals surface area contributed by atoms with Crippen LogP contribution in [0.3, 0.4) is 0 Å². The highest BCUT2D eigenvalue weighted by Gasteiger charge is 2.16. The van der Waals surface area contributed by atoms with Gasteiger partial charge in [-0.05, 0) is 31.2 Å². The van der Waals surface area contributed by atoms with Gasteiger partial charge in [0.2, 0.25) is 0 Å². The average molecular weight is 270 g/mol. The molecule has 2 aromatic rings. The van der Waals surface area contributed by atoms with Gasteiger partial charge in [0.1, 0.15) is 5.82 Å². The number of nitrogens with zero attached hydrogens (tertiary/aromatic N) is 3. The second kappa shape index (κ2) is 5.46. The predicted molar refractivity (Wildman–Crippen MR) is 79.6 cm³/mol. The van der Waals surface area contributed by atoms with Crippen molar-refractivity contribution in [2.24, 2.45) is 0 Å². The molecule has 104 valence electrons. The van der Waals surface area contributed by atoms with Crippen molar-refractivity contribution < 1.29 is 4.74 Å². The molecule has 2 N–H and O–H groups in total. The molecule has 0 bridgehead atoms. The Hall–Kier alpha value is -2.14. The lowest BCUT2D eigenvalue weighted by atomic mass is 10.2. The minimum Gasteiger partial charge on any atom is -0.399 e. The van der Waals surface area contributed by atoms with Gasteiger partial charge in [-0.1, -0.05) is 0 Å². The fourth-order valence-electron chi connectivity index (χ4n) is 2.30. The molecule has 5 nitrogen and oxygen atoms in total. The van der Waals surface area contributed by atoms with E-state index in [1.807, 2.05) is 37.4 Å². The Morgan fingerprint density at radius 1 is 1.15 bits per heavy atom. The third kappa shape index (κ3) is 2.58. The molecule has 0 radical (unpaired) electrons. The Labute approximate surface area is 118 Å². The molecule has 1 fully saturated rings. The van der Waals surface area contributed by atoms with Gasteiger partial charge in [-0.15, -0.1) is 0 Å². The number of anilines is 2. The molecule has 1 aliphatic rings. The largest absolute Gasteiger partial charge is 0.399 e. The smallest absolute Gasteiger partial charge is 0.161 e. The second-order valence-electron chi connectivity index (χ2n) is 4.92. The zero-order valence-electron chi connectivity index (χ0n) is 11.5. The van der Waals surface area contributed by atoms with Crippen molar-refractivity contribution in [2.45, 2.75) is 6.92 Å². The van der Waals surface area contributed by atoms with E-state index in [1.54, 1.807) is 0 Å². The molecule has 2 heterocycles. The van der Waals surface area contributed by atoms with Crippen LogP contribution in [0.5, 0.6) is 0 Å². The summed E-state index contributed by atoms with van der Waals surface area (Å²) in [5.74, 6) is 1.73. The van der Waals surface area contributed by atoms with Crippen LogP contribution in [0.25, 0.3) is 11.4 Å². The topological polar surface area (TPSA) is 64.3 Å². The van der Waals surface area contributed by atoms with Crippen LogP contribution in [0, 0.1) is 6.92 Å². The minimum absolute atomic E-state index is 0.733. The maximum atomic E-state index is 5.71. The van der Waals surface area contributed by atoms with E-state index in [-0.39, 0.29) is 0 Å². The first kappa shape index (κ1) is 12.9. The number of rotatable bonds is 2. The molecule has 0 atom stereocenters. The van der Waals surface area contributed by atoms with E-state index in [9.17, 15) is 0 Å². The van der Waals surface area contributed by atoms with Gasteiger partial charge < -0.3 is 15.4 Å². The number of hydrogen-bond acceptors (Lipinski definition) is 5. The number of aryl methyl sites for hydroxylation is 1. The number of nitrogens with two attached hydrogens (primary N) is 1. The van der Waals surface area contributed by atoms with Crippen molar-refractivity contribution in [2.75, 3.05) is 36.9 Å². The molecule has 5 heteroatoms. The van der Waals surface area contributed by atoms with Crippen LogP contribution in [0.1, 0.15) is 5.56 Å². The Bertz CT molecular complexity index is 591. The van der Waals surface area contributed by atoms with E-state index in [0.717, 1.165) is 54.8 Å². The second-order valence-corrected chi connectivity index (χ2v) is 4.92. The normalized spacial score (nSPS) is 15.3. The Balaban J connectivity index is 1.95. The van der Waals surface area contributed by atoms with Crippen LogP contribution in [-0.4, -0.2) is 36.3 Å². The number of benzene rings is 1. The molecule has 3 rings (SSSR count). The number of ether oxygens (including phenoxy) is 1. The van der Waals surface area contributed by atoms with Gasteiger partial charge in [-0.3, -0.25) is 0 Å². The summed E-state index contributed by atoms with van der Waals surface area (Å²) in [5, 5.41) is 0. The fourth-order valence-corrected chi connectivity index (χ4v) is 2.30. The molecule has 0 spiro atoms. The lowest BCUT2D eigenvalue weighted by molar-refractivity contribution is 0.122. The van der Waals surface area contributed by atoms with Crippen molar-refractivity contribution in [1.82, 2.24) is 9.97 Å². The predicted octanol–water partition coefficient (Wildman–Crippen LogP) is 1.87. The maximum absolute atomic E-state index is 5.71. The molecule has 1 aliphatic heterocycles. The summed E-state index contributed by atoms with van der Waals surface area (Å²) >= 11 is 0. The first-order chi connectivity index (χ1) is 9.74. The fraction of sp³-hybridized carbons (Fsp3) is 0.333. The zero-order valence-corrected chi connectivity index (χ0v) is 11.5. The molecule has 1 aromatic carbocycles. The molecule has 20 heavy (non-hydrogen) atoms. The Morgan fingerprint density at radius 3 is 2.55 bits per heavy atom. The number of hydrogen-bond donors (Lipinski definition) is 1. The van der Waals surface area contributed by atoms with Gasteiger partial charge in [0.15, 0.2) is 5.82 Å². The van der Waals surface area contributed by atoms with Gasteiger partial charge in [0, 0.05) is 36.1 Å². The van der Waals surface area contributed by atoms with E-state index in [4.69, 9.17) is 15.5 Å². The van der Waals surface area contributed by atoms with Crippen molar-refractivity contribution in [3.63, 3.8) is 0 Å². The van der Waals surface area contributed by atoms with Crippen LogP contribution >= 0.6 is 0 Å². The van der Waals surface area contributed by atoms with E-state index in [2.05, 4.69) is 9.88 Å². The monoisotopic (exact) mass is 270 g/mol. The summed E-state index contributed by atoms with van der Waals surface area (Å²) in [4.78, 5) is 11.4. The summed E-state index contributed by atoms with van der Waals surface area (Å²) < 4.78 is 5.39. The standard InChI is InChI=1S/C15H18N4O/c1-11-10-17-14(12-2-4-13(16)5-3-12)18-15(11)19-6-8-20-9-7-19/h2-5,10H,6-9,16H2,1H3. The highest BCUT2D eigenvalue weighted by Crippen LogP contribution is 2.23. The lowest BCUT2D eigenvalue weighted by Gasteiger charge is -2.29. The SMILES string of the molecule is Cc1cnc(-c2ccc(N)cc2)nc1N1CCOCC1. The number of morpholine rings is 1. The maximum Gasteiger partial charge on any atom is 0.161 e. The third-order valence-electron chi connectivity index (χ3n) is 3.42. The molecule has 1 saturated heterocycles. The average Bonchev–Trinajstić information content (AvgIpc) is 2.50. The van der Waals surface area contributed by atoms with Gasteiger partial charge in [-0.2, -0.15) is 0 Å². The summed E-state index contributed by atoms with van der Waals surface area (Å²) in [6.45, 7) is 5.29. The van der Waals surface area contributed by atoms with Crippen LogP contribution in [0.2, 0.25) is 0 Å². The van der Waals surface area contributed by atoms with Gasteiger partial charge in [0.05, 0.1) is 13.2 Å². The lowest BCUT2D eigenvalue weighted by Crippen LogP contribution is -2.37. The van der Waals surface area contributed by atoms with E-state index < -0.39 is 0 Å². The highest BCUT2D eigenvalue weighted by molar-refractivity contribution is 5.61. The van der Waals surface area contributed by atoms with Crippen LogP contribution in [-0.2, 0) is 4.74 Å². The van der Waals surface area contributed by atoms with Crippen LogP contribution in [0.4, 0.5) is 11.5 Å². The first-order valence-corrected chi connectivity index (χ1v) is 6.76. The Kier molecular flexibility index (Phi) is 3.52. The first-order valence-electron chi connectivity index (χ1n) is 6.76. The van der Waals surface area contributed by atoms with Crippen LogP contribution < -0.4 is 10.6 Å². The molecule has 0 unspecified atom stereocenters. The van der Waals surface area contributed by atoms with E-state index in [1.165, 1.54) is 0 Å². The van der Waals surface area contributed by atoms with E-state index >= 15 is 0 Å². The van der Waals surface area contributed by atoms with Gasteiger partial charge in [-0.25, -0.2) is 9.97 Å². The molecule has 0 amide bonds. The number of nitrogen functional groups attached to an aromatic ring is 1. The summed E-state index contributed by atoms with van der Waals surface area (Å²) in [5.41, 5.74) is 8.53. The van der Waals surface area contributed by atoms with E-state index in [0.29, 0.717) is 0 Å². The van der Waals surface area contributed by atoms with Crippen LogP contribution in [0.15, 0.2) is 30.5 Å². The van der Waals surface area contributed by atoms with Crippen molar-refractivity contribution >= 4 is 11.5 Å². The Morgan fingerprint density at radius 2 is 1.85 bits per heavy atom. The zero-order chi connectivity index (χ0) is 13.9. The van der Waals surface area contributed by atoms with Crippen molar-refractivity contribution in [3.05, 3.63) is 36.0 Å². The highest BCUT2D eigenvalue weighted by atomic mass is 16.5. The quantitative estimate of drug-likeness (QED) is 0.844. The molecule has 1 aromatic heterocycles. The molecular weight excluding hydrogens is 252 g/mol. The molecule has 0 saturated carbocycles. The van der Waals surface area contributed by atoms with Gasteiger partial charge in [0.25, 0.3) is 0 Å². The van der Waals surface area contributed by atoms with Gasteiger partial charge >= 0.3 is 0 Å². The summed E-state index contributed by atoms with van der Waals surface area (Å²) in [7, 11) is 0. The summed E-state index contributed by atoms with van der Waals surface area (Å²) in [6.07, 6.45) is 1.88. The minimum atomic E-state index is 0.733. The molecule has 0 aliphatic carbocycles.